The van der Waals surface area contributed by atoms with Crippen molar-refractivity contribution in [3.05, 3.63) is 30.1 Å². The number of fused-ring (bicyclic) bond motifs is 1. The highest BCUT2D eigenvalue weighted by molar-refractivity contribution is 8.01. The molecule has 1 atom stereocenters. The van der Waals surface area contributed by atoms with Gasteiger partial charge >= 0.3 is 0 Å². The van der Waals surface area contributed by atoms with Crippen LogP contribution in [-0.4, -0.2) is 21.8 Å². The van der Waals surface area contributed by atoms with Gasteiger partial charge in [0.15, 0.2) is 4.34 Å². The number of amides is 1. The van der Waals surface area contributed by atoms with Crippen molar-refractivity contribution in [2.75, 3.05) is 11.9 Å². The first-order valence-corrected chi connectivity index (χ1v) is 7.49. The van der Waals surface area contributed by atoms with Crippen LogP contribution in [0.3, 0.4) is 0 Å². The largest absolute Gasteiger partial charge is 0.324 e. The first kappa shape index (κ1) is 12.6. The summed E-state index contributed by atoms with van der Waals surface area (Å²) in [5.41, 5.74) is 1.89. The van der Waals surface area contributed by atoms with E-state index >= 15 is 0 Å². The van der Waals surface area contributed by atoms with Crippen LogP contribution < -0.4 is 10.6 Å². The molecule has 0 radical (unpaired) electrons. The van der Waals surface area contributed by atoms with E-state index < -0.39 is 0 Å². The molecule has 2 aromatic rings. The van der Waals surface area contributed by atoms with Crippen LogP contribution in [-0.2, 0) is 4.79 Å². The first-order chi connectivity index (χ1) is 9.28. The van der Waals surface area contributed by atoms with Crippen LogP contribution in [0.5, 0.6) is 0 Å². The fourth-order valence-electron chi connectivity index (χ4n) is 2.02. The predicted octanol–water partition coefficient (Wildman–Crippen LogP) is 2.29. The Morgan fingerprint density at radius 1 is 1.53 bits per heavy atom. The lowest BCUT2D eigenvalue weighted by molar-refractivity contribution is -0.117. The zero-order valence-corrected chi connectivity index (χ0v) is 11.8. The monoisotopic (exact) mass is 292 g/mol. The van der Waals surface area contributed by atoms with Gasteiger partial charge in [-0.2, -0.15) is 4.37 Å². The Morgan fingerprint density at radius 2 is 2.42 bits per heavy atom. The maximum Gasteiger partial charge on any atom is 0.246 e. The number of anilines is 1. The number of hydrogen-bond acceptors (Lipinski definition) is 6. The van der Waals surface area contributed by atoms with Crippen molar-refractivity contribution in [1.82, 2.24) is 14.7 Å². The minimum Gasteiger partial charge on any atom is -0.324 e. The molecular weight excluding hydrogens is 280 g/mol. The lowest BCUT2D eigenvalue weighted by Gasteiger charge is -2.09. The van der Waals surface area contributed by atoms with E-state index in [1.165, 1.54) is 11.5 Å². The molecular formula is C12H12N4OS2. The molecule has 3 rings (SSSR count). The summed E-state index contributed by atoms with van der Waals surface area (Å²) in [5, 5.41) is 6.08. The molecule has 0 aliphatic carbocycles. The second kappa shape index (κ2) is 5.28. The second-order valence-electron chi connectivity index (χ2n) is 4.04. The molecule has 0 saturated carbocycles. The van der Waals surface area contributed by atoms with Crippen LogP contribution in [0.2, 0.25) is 0 Å². The highest BCUT2D eigenvalue weighted by atomic mass is 32.2. The number of nitrogens with one attached hydrogen (secondary N) is 2. The molecule has 0 bridgehead atoms. The maximum absolute atomic E-state index is 11.8. The SMILES string of the molecule is CCNC1C(=O)Nc2cc(Sc3ncns3)ccc21. The summed E-state index contributed by atoms with van der Waals surface area (Å²) in [4.78, 5) is 17.0. The van der Waals surface area contributed by atoms with E-state index in [0.717, 1.165) is 27.0 Å². The molecule has 0 saturated heterocycles. The van der Waals surface area contributed by atoms with E-state index in [2.05, 4.69) is 20.0 Å². The van der Waals surface area contributed by atoms with Crippen LogP contribution in [0.25, 0.3) is 0 Å². The molecule has 2 N–H and O–H groups in total. The topological polar surface area (TPSA) is 66.9 Å². The molecule has 1 aromatic carbocycles. The summed E-state index contributed by atoms with van der Waals surface area (Å²) in [6, 6.07) is 5.75. The Morgan fingerprint density at radius 3 is 3.16 bits per heavy atom. The Kier molecular flexibility index (Phi) is 3.50. The third-order valence-corrected chi connectivity index (χ3v) is 4.51. The van der Waals surface area contributed by atoms with Crippen molar-refractivity contribution in [1.29, 1.82) is 0 Å². The third kappa shape index (κ3) is 2.49. The lowest BCUT2D eigenvalue weighted by Crippen LogP contribution is -2.27. The molecule has 1 aromatic heterocycles. The summed E-state index contributed by atoms with van der Waals surface area (Å²) in [6.45, 7) is 2.75. The Labute approximate surface area is 119 Å². The summed E-state index contributed by atoms with van der Waals surface area (Å²) >= 11 is 2.91. The minimum atomic E-state index is -0.236. The molecule has 1 aliphatic heterocycles. The van der Waals surface area contributed by atoms with Crippen molar-refractivity contribution in [3.8, 4) is 0 Å². The molecule has 2 heterocycles. The van der Waals surface area contributed by atoms with E-state index in [1.54, 1.807) is 18.1 Å². The molecule has 0 spiro atoms. The van der Waals surface area contributed by atoms with Gasteiger partial charge in [0.25, 0.3) is 0 Å². The fourth-order valence-corrected chi connectivity index (χ4v) is 3.48. The first-order valence-electron chi connectivity index (χ1n) is 5.90. The molecule has 0 fully saturated rings. The number of nitrogens with zero attached hydrogens (tertiary/aromatic N) is 2. The van der Waals surface area contributed by atoms with Crippen molar-refractivity contribution >= 4 is 34.9 Å². The molecule has 5 nitrogen and oxygen atoms in total. The van der Waals surface area contributed by atoms with Gasteiger partial charge in [-0.05, 0) is 30.2 Å². The normalized spacial score (nSPS) is 17.3. The van der Waals surface area contributed by atoms with Crippen LogP contribution in [0, 0.1) is 0 Å². The Hall–Kier alpha value is -1.44. The van der Waals surface area contributed by atoms with Crippen molar-refractivity contribution in [2.45, 2.75) is 22.2 Å². The molecule has 98 valence electrons. The number of rotatable bonds is 4. The lowest BCUT2D eigenvalue weighted by atomic mass is 10.1. The molecule has 1 unspecified atom stereocenters. The number of benzene rings is 1. The molecule has 19 heavy (non-hydrogen) atoms. The average Bonchev–Trinajstić information content (AvgIpc) is 2.99. The van der Waals surface area contributed by atoms with Gasteiger partial charge in [0.05, 0.1) is 0 Å². The van der Waals surface area contributed by atoms with Crippen LogP contribution in [0.1, 0.15) is 18.5 Å². The van der Waals surface area contributed by atoms with Gasteiger partial charge < -0.3 is 10.6 Å². The Balaban J connectivity index is 1.85. The second-order valence-corrected chi connectivity index (χ2v) is 6.14. The zero-order valence-electron chi connectivity index (χ0n) is 10.2. The third-order valence-electron chi connectivity index (χ3n) is 2.81. The van der Waals surface area contributed by atoms with E-state index in [1.807, 2.05) is 25.1 Å². The smallest absolute Gasteiger partial charge is 0.246 e. The van der Waals surface area contributed by atoms with Gasteiger partial charge in [-0.15, -0.1) is 0 Å². The zero-order chi connectivity index (χ0) is 13.2. The predicted molar refractivity (Wildman–Crippen MR) is 75.5 cm³/mol. The maximum atomic E-state index is 11.8. The average molecular weight is 292 g/mol. The van der Waals surface area contributed by atoms with Gasteiger partial charge in [-0.25, -0.2) is 4.98 Å². The molecule has 1 aliphatic rings. The highest BCUT2D eigenvalue weighted by Crippen LogP contribution is 2.36. The quantitative estimate of drug-likeness (QED) is 0.905. The van der Waals surface area contributed by atoms with E-state index in [4.69, 9.17) is 0 Å². The van der Waals surface area contributed by atoms with Crippen molar-refractivity contribution < 1.29 is 4.79 Å². The summed E-state index contributed by atoms with van der Waals surface area (Å²) in [7, 11) is 0. The van der Waals surface area contributed by atoms with Gasteiger partial charge in [0.1, 0.15) is 12.4 Å². The van der Waals surface area contributed by atoms with E-state index in [-0.39, 0.29) is 11.9 Å². The Bertz CT molecular complexity index is 600. The van der Waals surface area contributed by atoms with Gasteiger partial charge in [0, 0.05) is 16.1 Å². The van der Waals surface area contributed by atoms with Crippen LogP contribution >= 0.6 is 23.3 Å². The standard InChI is InChI=1S/C12H12N4OS2/c1-2-13-10-8-4-3-7(5-9(8)16-11(10)17)18-12-14-6-15-19-12/h3-6,10,13H,2H2,1H3,(H,16,17). The summed E-state index contributed by atoms with van der Waals surface area (Å²) in [6.07, 6.45) is 1.54. The summed E-state index contributed by atoms with van der Waals surface area (Å²) in [5.74, 6) is 0.00918. The fraction of sp³-hybridized carbons (Fsp3) is 0.250. The van der Waals surface area contributed by atoms with E-state index in [0.29, 0.717) is 0 Å². The van der Waals surface area contributed by atoms with Crippen molar-refractivity contribution in [2.24, 2.45) is 0 Å². The van der Waals surface area contributed by atoms with Gasteiger partial charge in [0.2, 0.25) is 5.91 Å². The summed E-state index contributed by atoms with van der Waals surface area (Å²) < 4.78 is 4.87. The highest BCUT2D eigenvalue weighted by Gasteiger charge is 2.29. The van der Waals surface area contributed by atoms with E-state index in [9.17, 15) is 4.79 Å². The number of likely N-dealkylation sites (N-methyl/N-ethyl adjacent to an activating group) is 1. The molecule has 7 heteroatoms. The number of carbonyl (C=O) groups excluding carboxylic acids is 1. The number of aromatic nitrogens is 2. The molecule has 1 amide bonds. The van der Waals surface area contributed by atoms with Crippen molar-refractivity contribution in [3.63, 3.8) is 0 Å². The number of carbonyl (C=O) groups is 1. The van der Waals surface area contributed by atoms with Crippen LogP contribution in [0.15, 0.2) is 33.8 Å². The van der Waals surface area contributed by atoms with Gasteiger partial charge in [-0.3, -0.25) is 4.79 Å². The minimum absolute atomic E-state index is 0.00918. The van der Waals surface area contributed by atoms with Crippen LogP contribution in [0.4, 0.5) is 5.69 Å². The number of hydrogen-bond donors (Lipinski definition) is 2. The van der Waals surface area contributed by atoms with Gasteiger partial charge in [-0.1, -0.05) is 24.8 Å².